The molecule has 0 saturated heterocycles. The number of nitrogens with zero attached hydrogens (tertiary/aromatic N) is 2. The second-order valence-electron chi connectivity index (χ2n) is 3.23. The van der Waals surface area contributed by atoms with Crippen LogP contribution in [0.15, 0.2) is 5.16 Å². The molecule has 13 heavy (non-hydrogen) atoms. The molecule has 0 spiro atoms. The van der Waals surface area contributed by atoms with Crippen LogP contribution < -0.4 is 5.73 Å². The van der Waals surface area contributed by atoms with E-state index in [0.29, 0.717) is 18.3 Å². The minimum atomic E-state index is 0.307. The predicted molar refractivity (Wildman–Crippen MR) is 55.0 cm³/mol. The van der Waals surface area contributed by atoms with E-state index in [1.54, 1.807) is 0 Å². The standard InChI is InChI=1S/C9H21N3O/c1-4-8(3)12(5-2)7-6-9(10)11-13/h8,13H,4-7H2,1-3H3,(H2,10,11). The van der Waals surface area contributed by atoms with Crippen molar-refractivity contribution in [1.82, 2.24) is 4.90 Å². The third-order valence-corrected chi connectivity index (χ3v) is 2.40. The lowest BCUT2D eigenvalue weighted by Crippen LogP contribution is -2.35. The van der Waals surface area contributed by atoms with Gasteiger partial charge in [0.2, 0.25) is 0 Å². The maximum Gasteiger partial charge on any atom is 0.140 e. The van der Waals surface area contributed by atoms with Gasteiger partial charge in [-0.05, 0) is 19.9 Å². The fourth-order valence-electron chi connectivity index (χ4n) is 1.26. The Morgan fingerprint density at radius 2 is 2.15 bits per heavy atom. The third kappa shape index (κ3) is 4.72. The van der Waals surface area contributed by atoms with E-state index in [1.807, 2.05) is 0 Å². The van der Waals surface area contributed by atoms with Gasteiger partial charge in [0.15, 0.2) is 0 Å². The van der Waals surface area contributed by atoms with Crippen molar-refractivity contribution in [2.45, 2.75) is 39.7 Å². The van der Waals surface area contributed by atoms with Crippen molar-refractivity contribution in [3.8, 4) is 0 Å². The Balaban J connectivity index is 3.85. The van der Waals surface area contributed by atoms with Gasteiger partial charge < -0.3 is 15.8 Å². The number of hydrogen-bond acceptors (Lipinski definition) is 3. The minimum absolute atomic E-state index is 0.307. The molecule has 0 radical (unpaired) electrons. The molecule has 0 bridgehead atoms. The van der Waals surface area contributed by atoms with Crippen LogP contribution in [-0.4, -0.2) is 35.1 Å². The first kappa shape index (κ1) is 12.2. The highest BCUT2D eigenvalue weighted by atomic mass is 16.4. The Morgan fingerprint density at radius 3 is 2.54 bits per heavy atom. The van der Waals surface area contributed by atoms with Crippen molar-refractivity contribution < 1.29 is 5.21 Å². The first-order valence-electron chi connectivity index (χ1n) is 4.86. The summed E-state index contributed by atoms with van der Waals surface area (Å²) in [6, 6.07) is 0.566. The molecule has 0 amide bonds. The van der Waals surface area contributed by atoms with E-state index >= 15 is 0 Å². The van der Waals surface area contributed by atoms with Crippen LogP contribution in [0.1, 0.15) is 33.6 Å². The SMILES string of the molecule is CCC(C)N(CC)CC/C(N)=N/O. The minimum Gasteiger partial charge on any atom is -0.409 e. The molecule has 0 aliphatic heterocycles. The fourth-order valence-corrected chi connectivity index (χ4v) is 1.26. The zero-order valence-electron chi connectivity index (χ0n) is 8.82. The Labute approximate surface area is 80.4 Å². The molecule has 1 unspecified atom stereocenters. The normalized spacial score (nSPS) is 14.9. The lowest BCUT2D eigenvalue weighted by molar-refractivity contribution is 0.219. The fraction of sp³-hybridized carbons (Fsp3) is 0.889. The highest BCUT2D eigenvalue weighted by Crippen LogP contribution is 2.03. The summed E-state index contributed by atoms with van der Waals surface area (Å²) in [6.07, 6.45) is 1.76. The van der Waals surface area contributed by atoms with Gasteiger partial charge in [0, 0.05) is 19.0 Å². The summed E-state index contributed by atoms with van der Waals surface area (Å²) in [5, 5.41) is 11.3. The highest BCUT2D eigenvalue weighted by Gasteiger charge is 2.09. The molecule has 0 aliphatic rings. The quantitative estimate of drug-likeness (QED) is 0.285. The molecule has 3 N–H and O–H groups in total. The molecular formula is C9H21N3O. The van der Waals surface area contributed by atoms with Gasteiger partial charge >= 0.3 is 0 Å². The van der Waals surface area contributed by atoms with Crippen molar-refractivity contribution in [2.24, 2.45) is 10.9 Å². The Morgan fingerprint density at radius 1 is 1.54 bits per heavy atom. The van der Waals surface area contributed by atoms with E-state index in [-0.39, 0.29) is 0 Å². The van der Waals surface area contributed by atoms with Crippen LogP contribution in [-0.2, 0) is 0 Å². The van der Waals surface area contributed by atoms with Crippen LogP contribution in [0.4, 0.5) is 0 Å². The van der Waals surface area contributed by atoms with E-state index in [9.17, 15) is 0 Å². The molecule has 4 nitrogen and oxygen atoms in total. The third-order valence-electron chi connectivity index (χ3n) is 2.40. The maximum absolute atomic E-state index is 8.36. The van der Waals surface area contributed by atoms with Gasteiger partial charge in [-0.3, -0.25) is 0 Å². The molecule has 0 rings (SSSR count). The molecule has 0 fully saturated rings. The van der Waals surface area contributed by atoms with Gasteiger partial charge in [-0.2, -0.15) is 0 Å². The van der Waals surface area contributed by atoms with E-state index in [0.717, 1.165) is 19.5 Å². The summed E-state index contributed by atoms with van der Waals surface area (Å²) >= 11 is 0. The highest BCUT2D eigenvalue weighted by molar-refractivity contribution is 5.79. The first-order chi connectivity index (χ1) is 6.15. The van der Waals surface area contributed by atoms with Crippen LogP contribution in [0.25, 0.3) is 0 Å². The van der Waals surface area contributed by atoms with Gasteiger partial charge in [0.1, 0.15) is 5.84 Å². The second kappa shape index (κ2) is 6.71. The average Bonchev–Trinajstić information content (AvgIpc) is 2.17. The van der Waals surface area contributed by atoms with Gasteiger partial charge in [0.05, 0.1) is 0 Å². The van der Waals surface area contributed by atoms with Gasteiger partial charge in [-0.1, -0.05) is 19.0 Å². The van der Waals surface area contributed by atoms with Crippen LogP contribution in [0.5, 0.6) is 0 Å². The molecule has 0 heterocycles. The van der Waals surface area contributed by atoms with E-state index in [4.69, 9.17) is 10.9 Å². The lowest BCUT2D eigenvalue weighted by Gasteiger charge is -2.26. The molecule has 0 aromatic carbocycles. The molecule has 1 atom stereocenters. The summed E-state index contributed by atoms with van der Waals surface area (Å²) in [4.78, 5) is 2.32. The first-order valence-corrected chi connectivity index (χ1v) is 4.86. The molecular weight excluding hydrogens is 166 g/mol. The average molecular weight is 187 g/mol. The summed E-state index contributed by atoms with van der Waals surface area (Å²) in [6.45, 7) is 8.35. The van der Waals surface area contributed by atoms with Crippen molar-refractivity contribution in [2.75, 3.05) is 13.1 Å². The van der Waals surface area contributed by atoms with Gasteiger partial charge in [0.25, 0.3) is 0 Å². The van der Waals surface area contributed by atoms with Crippen LogP contribution >= 0.6 is 0 Å². The number of rotatable bonds is 6. The number of hydrogen-bond donors (Lipinski definition) is 2. The van der Waals surface area contributed by atoms with Crippen LogP contribution in [0.2, 0.25) is 0 Å². The number of oxime groups is 1. The zero-order valence-corrected chi connectivity index (χ0v) is 8.82. The molecule has 0 aliphatic carbocycles. The van der Waals surface area contributed by atoms with Gasteiger partial charge in [-0.25, -0.2) is 0 Å². The molecule has 0 saturated carbocycles. The van der Waals surface area contributed by atoms with Crippen molar-refractivity contribution >= 4 is 5.84 Å². The largest absolute Gasteiger partial charge is 0.409 e. The zero-order chi connectivity index (χ0) is 10.3. The van der Waals surface area contributed by atoms with E-state index < -0.39 is 0 Å². The van der Waals surface area contributed by atoms with E-state index in [2.05, 4.69) is 30.8 Å². The van der Waals surface area contributed by atoms with Crippen LogP contribution in [0.3, 0.4) is 0 Å². The van der Waals surface area contributed by atoms with Gasteiger partial charge in [-0.15, -0.1) is 0 Å². The predicted octanol–water partition coefficient (Wildman–Crippen LogP) is 1.24. The number of nitrogens with two attached hydrogens (primary N) is 1. The summed E-state index contributed by atoms with van der Waals surface area (Å²) in [5.74, 6) is 0.307. The Bertz CT molecular complexity index is 159. The van der Waals surface area contributed by atoms with Crippen molar-refractivity contribution in [3.05, 3.63) is 0 Å². The topological polar surface area (TPSA) is 61.8 Å². The summed E-state index contributed by atoms with van der Waals surface area (Å²) < 4.78 is 0. The Kier molecular flexibility index (Phi) is 6.32. The van der Waals surface area contributed by atoms with Crippen molar-refractivity contribution in [1.29, 1.82) is 0 Å². The molecule has 0 aromatic heterocycles. The van der Waals surface area contributed by atoms with E-state index in [1.165, 1.54) is 0 Å². The van der Waals surface area contributed by atoms with Crippen LogP contribution in [0, 0.1) is 0 Å². The monoisotopic (exact) mass is 187 g/mol. The van der Waals surface area contributed by atoms with Crippen molar-refractivity contribution in [3.63, 3.8) is 0 Å². The second-order valence-corrected chi connectivity index (χ2v) is 3.23. The smallest absolute Gasteiger partial charge is 0.140 e. The molecule has 78 valence electrons. The maximum atomic E-state index is 8.36. The summed E-state index contributed by atoms with van der Waals surface area (Å²) in [5.41, 5.74) is 5.39. The molecule has 4 heteroatoms. The lowest BCUT2D eigenvalue weighted by atomic mass is 10.2. The Hall–Kier alpha value is -0.770. The molecule has 0 aromatic rings. The number of amidine groups is 1. The summed E-state index contributed by atoms with van der Waals surface area (Å²) in [7, 11) is 0.